The Balaban J connectivity index is 2.00. The molecule has 3 nitrogen and oxygen atoms in total. The van der Waals surface area contributed by atoms with Crippen LogP contribution in [0, 0.1) is 12.3 Å². The molecule has 1 unspecified atom stereocenters. The van der Waals surface area contributed by atoms with E-state index in [1.165, 1.54) is 0 Å². The van der Waals surface area contributed by atoms with Gasteiger partial charge < -0.3 is 5.32 Å². The number of hydrogen-bond acceptors (Lipinski definition) is 3. The lowest BCUT2D eigenvalue weighted by atomic mass is 10.0. The van der Waals surface area contributed by atoms with Gasteiger partial charge in [0.1, 0.15) is 0 Å². The first-order valence-corrected chi connectivity index (χ1v) is 5.80. The molecular formula is C12H18N2O. The second kappa shape index (κ2) is 4.78. The lowest BCUT2D eigenvalue weighted by molar-refractivity contribution is -0.118. The van der Waals surface area contributed by atoms with Crippen molar-refractivity contribution >= 4 is 5.78 Å². The predicted octanol–water partition coefficient (Wildman–Crippen LogP) is 0.405. The Morgan fingerprint density at radius 3 is 2.73 bits per heavy atom. The number of Topliss-reactive ketones (excluding diaryl/α,β-unsaturated/α-hetero) is 1. The van der Waals surface area contributed by atoms with Gasteiger partial charge in [0.25, 0.3) is 0 Å². The second-order valence-electron chi connectivity index (χ2n) is 4.39. The summed E-state index contributed by atoms with van der Waals surface area (Å²) >= 11 is 0. The van der Waals surface area contributed by atoms with Crippen molar-refractivity contribution in [2.24, 2.45) is 0 Å². The highest BCUT2D eigenvalue weighted by Gasteiger charge is 2.34. The van der Waals surface area contributed by atoms with Crippen molar-refractivity contribution in [3.05, 3.63) is 0 Å². The van der Waals surface area contributed by atoms with Gasteiger partial charge in [-0.1, -0.05) is 0 Å². The van der Waals surface area contributed by atoms with Crippen molar-refractivity contribution in [2.75, 3.05) is 19.6 Å². The van der Waals surface area contributed by atoms with E-state index in [9.17, 15) is 4.79 Å². The van der Waals surface area contributed by atoms with E-state index < -0.39 is 0 Å². The first kappa shape index (κ1) is 10.7. The van der Waals surface area contributed by atoms with E-state index in [1.54, 1.807) is 0 Å². The van der Waals surface area contributed by atoms with Crippen molar-refractivity contribution in [3.63, 3.8) is 0 Å². The first-order chi connectivity index (χ1) is 7.33. The summed E-state index contributed by atoms with van der Waals surface area (Å²) in [4.78, 5) is 13.9. The van der Waals surface area contributed by atoms with Crippen LogP contribution in [0.2, 0.25) is 0 Å². The van der Waals surface area contributed by atoms with Gasteiger partial charge in [-0.25, -0.2) is 0 Å². The third kappa shape index (κ3) is 2.22. The zero-order valence-electron chi connectivity index (χ0n) is 9.04. The molecule has 2 fully saturated rings. The Bertz CT molecular complexity index is 276. The molecule has 0 amide bonds. The highest BCUT2D eigenvalue weighted by molar-refractivity contribution is 5.99. The van der Waals surface area contributed by atoms with Gasteiger partial charge in [0.15, 0.2) is 0 Å². The van der Waals surface area contributed by atoms with E-state index in [2.05, 4.69) is 16.1 Å². The van der Waals surface area contributed by atoms with Gasteiger partial charge in [0.05, 0.1) is 6.04 Å². The summed E-state index contributed by atoms with van der Waals surface area (Å²) in [6.07, 6.45) is 9.56. The Morgan fingerprint density at radius 2 is 2.07 bits per heavy atom. The zero-order chi connectivity index (χ0) is 10.7. The average Bonchev–Trinajstić information content (AvgIpc) is 2.78. The summed E-state index contributed by atoms with van der Waals surface area (Å²) in [6, 6.07) is 0.578. The van der Waals surface area contributed by atoms with E-state index in [0.717, 1.165) is 45.3 Å². The summed E-state index contributed by atoms with van der Waals surface area (Å²) in [7, 11) is 0. The molecule has 0 aromatic rings. The van der Waals surface area contributed by atoms with Crippen LogP contribution in [0.15, 0.2) is 0 Å². The zero-order valence-corrected chi connectivity index (χ0v) is 9.04. The Hall–Kier alpha value is -0.850. The number of hydrogen-bond donors (Lipinski definition) is 1. The number of nitrogens with zero attached hydrogens (tertiary/aromatic N) is 1. The Labute approximate surface area is 91.2 Å². The molecule has 15 heavy (non-hydrogen) atoms. The van der Waals surface area contributed by atoms with Gasteiger partial charge in [-0.3, -0.25) is 9.69 Å². The quantitative estimate of drug-likeness (QED) is 0.524. The van der Waals surface area contributed by atoms with Crippen molar-refractivity contribution in [3.8, 4) is 12.3 Å². The summed E-state index contributed by atoms with van der Waals surface area (Å²) < 4.78 is 0. The summed E-state index contributed by atoms with van der Waals surface area (Å²) in [5.41, 5.74) is 0. The minimum absolute atomic E-state index is 0.0121. The van der Waals surface area contributed by atoms with Crippen LogP contribution in [0.5, 0.6) is 0 Å². The summed E-state index contributed by atoms with van der Waals surface area (Å²) in [5.74, 6) is 2.26. The number of ketones is 1. The van der Waals surface area contributed by atoms with Gasteiger partial charge in [0, 0.05) is 6.04 Å². The van der Waals surface area contributed by atoms with E-state index in [4.69, 9.17) is 6.42 Å². The van der Waals surface area contributed by atoms with Gasteiger partial charge in [-0.2, -0.15) is 0 Å². The highest BCUT2D eigenvalue weighted by atomic mass is 16.1. The van der Waals surface area contributed by atoms with E-state index in [1.807, 2.05) is 0 Å². The maximum Gasteiger partial charge on any atom is 0.222 e. The molecule has 0 saturated carbocycles. The normalized spacial score (nSPS) is 28.9. The van der Waals surface area contributed by atoms with Gasteiger partial charge >= 0.3 is 0 Å². The van der Waals surface area contributed by atoms with Gasteiger partial charge in [0.2, 0.25) is 5.78 Å². The number of piperidine rings is 1. The maximum atomic E-state index is 11.6. The molecule has 0 aromatic heterocycles. The molecule has 2 heterocycles. The van der Waals surface area contributed by atoms with Crippen molar-refractivity contribution in [2.45, 2.75) is 37.8 Å². The third-order valence-corrected chi connectivity index (χ3v) is 3.52. The average molecular weight is 206 g/mol. The van der Waals surface area contributed by atoms with Gasteiger partial charge in [-0.15, -0.1) is 6.42 Å². The number of nitrogens with one attached hydrogen (secondary N) is 1. The first-order valence-electron chi connectivity index (χ1n) is 5.80. The molecule has 2 aliphatic rings. The topological polar surface area (TPSA) is 32.3 Å². The maximum absolute atomic E-state index is 11.6. The molecule has 3 heteroatoms. The standard InChI is InChI=1S/C12H18N2O/c1-2-12(15)11-4-3-9-14(11)10-5-7-13-8-6-10/h1,10-11,13H,3-9H2. The van der Waals surface area contributed by atoms with Crippen molar-refractivity contribution < 1.29 is 4.79 Å². The lowest BCUT2D eigenvalue weighted by Crippen LogP contribution is -2.47. The summed E-state index contributed by atoms with van der Waals surface area (Å²) in [6.45, 7) is 3.18. The molecule has 0 aromatic carbocycles. The van der Waals surface area contributed by atoms with Crippen LogP contribution in [0.4, 0.5) is 0 Å². The van der Waals surface area contributed by atoms with Crippen LogP contribution >= 0.6 is 0 Å². The summed E-state index contributed by atoms with van der Waals surface area (Å²) in [5, 5.41) is 3.34. The van der Waals surface area contributed by atoms with Crippen LogP contribution in [-0.2, 0) is 4.79 Å². The number of carbonyl (C=O) groups is 1. The van der Waals surface area contributed by atoms with Crippen LogP contribution in [0.3, 0.4) is 0 Å². The van der Waals surface area contributed by atoms with E-state index in [0.29, 0.717) is 6.04 Å². The molecule has 1 N–H and O–H groups in total. The fraction of sp³-hybridized carbons (Fsp3) is 0.750. The van der Waals surface area contributed by atoms with Gasteiger partial charge in [-0.05, 0) is 51.2 Å². The molecule has 0 aliphatic carbocycles. The predicted molar refractivity (Wildman–Crippen MR) is 59.5 cm³/mol. The van der Waals surface area contributed by atoms with Crippen LogP contribution in [0.1, 0.15) is 25.7 Å². The third-order valence-electron chi connectivity index (χ3n) is 3.52. The van der Waals surface area contributed by atoms with E-state index in [-0.39, 0.29) is 11.8 Å². The van der Waals surface area contributed by atoms with Crippen molar-refractivity contribution in [1.29, 1.82) is 0 Å². The fourth-order valence-electron chi connectivity index (χ4n) is 2.74. The second-order valence-corrected chi connectivity index (χ2v) is 4.39. The number of terminal acetylenes is 1. The monoisotopic (exact) mass is 206 g/mol. The minimum Gasteiger partial charge on any atom is -0.317 e. The fourth-order valence-corrected chi connectivity index (χ4v) is 2.74. The molecule has 0 radical (unpaired) electrons. The van der Waals surface area contributed by atoms with Crippen molar-refractivity contribution in [1.82, 2.24) is 10.2 Å². The highest BCUT2D eigenvalue weighted by Crippen LogP contribution is 2.24. The smallest absolute Gasteiger partial charge is 0.222 e. The molecule has 0 spiro atoms. The number of carbonyl (C=O) groups excluding carboxylic acids is 1. The number of rotatable bonds is 2. The molecule has 2 rings (SSSR count). The molecule has 82 valence electrons. The molecule has 1 atom stereocenters. The largest absolute Gasteiger partial charge is 0.317 e. The number of likely N-dealkylation sites (tertiary alicyclic amines) is 1. The molecule has 2 aliphatic heterocycles. The van der Waals surface area contributed by atoms with Crippen LogP contribution < -0.4 is 5.32 Å². The van der Waals surface area contributed by atoms with Crippen LogP contribution in [0.25, 0.3) is 0 Å². The Kier molecular flexibility index (Phi) is 3.40. The van der Waals surface area contributed by atoms with Crippen LogP contribution in [-0.4, -0.2) is 42.4 Å². The van der Waals surface area contributed by atoms with E-state index >= 15 is 0 Å². The minimum atomic E-state index is -0.0222. The lowest BCUT2D eigenvalue weighted by Gasteiger charge is -2.34. The molecule has 0 bridgehead atoms. The Morgan fingerprint density at radius 1 is 1.33 bits per heavy atom. The molecular weight excluding hydrogens is 188 g/mol. The SMILES string of the molecule is C#CC(=O)C1CCCN1C1CCNCC1. The molecule has 2 saturated heterocycles.